The summed E-state index contributed by atoms with van der Waals surface area (Å²) in [6, 6.07) is 13.5. The van der Waals surface area contributed by atoms with Gasteiger partial charge >= 0.3 is 0 Å². The third-order valence-electron chi connectivity index (χ3n) is 4.49. The minimum absolute atomic E-state index is 0.0752. The van der Waals surface area contributed by atoms with Crippen LogP contribution in [0.5, 0.6) is 17.2 Å². The second kappa shape index (κ2) is 11.4. The largest absolute Gasteiger partial charge is 0.494 e. The van der Waals surface area contributed by atoms with Crippen molar-refractivity contribution < 1.29 is 19.0 Å². The number of carbonyl (C=O) groups excluding carboxylic acids is 1. The van der Waals surface area contributed by atoms with Gasteiger partial charge in [0.15, 0.2) is 11.5 Å². The van der Waals surface area contributed by atoms with Crippen molar-refractivity contribution in [1.82, 2.24) is 10.3 Å². The molecule has 1 aromatic heterocycles. The molecule has 0 saturated carbocycles. The maximum absolute atomic E-state index is 12.4. The van der Waals surface area contributed by atoms with Gasteiger partial charge in [-0.15, -0.1) is 11.3 Å². The number of hydrogen-bond donors (Lipinski definition) is 1. The summed E-state index contributed by atoms with van der Waals surface area (Å²) < 4.78 is 16.5. The summed E-state index contributed by atoms with van der Waals surface area (Å²) in [7, 11) is 1.61. The number of benzene rings is 2. The van der Waals surface area contributed by atoms with E-state index in [0.29, 0.717) is 31.3 Å². The van der Waals surface area contributed by atoms with Crippen molar-refractivity contribution in [1.29, 1.82) is 0 Å². The van der Waals surface area contributed by atoms with Crippen LogP contribution in [-0.4, -0.2) is 31.2 Å². The lowest BCUT2D eigenvalue weighted by molar-refractivity contribution is -0.120. The van der Waals surface area contributed by atoms with Gasteiger partial charge in [0.2, 0.25) is 5.91 Å². The third kappa shape index (κ3) is 6.46. The van der Waals surface area contributed by atoms with Crippen LogP contribution in [0.15, 0.2) is 47.8 Å². The molecule has 0 atom stereocenters. The number of ether oxygens (including phenoxy) is 3. The van der Waals surface area contributed by atoms with Crippen LogP contribution in [0.4, 0.5) is 0 Å². The fourth-order valence-electron chi connectivity index (χ4n) is 2.96. The molecule has 0 saturated heterocycles. The molecule has 3 rings (SSSR count). The molecule has 1 heterocycles. The summed E-state index contributed by atoms with van der Waals surface area (Å²) in [4.78, 5) is 17.0. The van der Waals surface area contributed by atoms with E-state index >= 15 is 0 Å². The molecule has 2 aromatic carbocycles. The van der Waals surface area contributed by atoms with E-state index in [0.717, 1.165) is 34.0 Å². The fourth-order valence-corrected chi connectivity index (χ4v) is 3.79. The van der Waals surface area contributed by atoms with Crippen molar-refractivity contribution in [3.8, 4) is 27.8 Å². The Labute approximate surface area is 187 Å². The van der Waals surface area contributed by atoms with Crippen molar-refractivity contribution in [2.45, 2.75) is 33.2 Å². The maximum Gasteiger partial charge on any atom is 0.226 e. The van der Waals surface area contributed by atoms with Crippen LogP contribution in [-0.2, 0) is 17.8 Å². The highest BCUT2D eigenvalue weighted by Crippen LogP contribution is 2.28. The lowest BCUT2D eigenvalue weighted by Crippen LogP contribution is -2.24. The van der Waals surface area contributed by atoms with E-state index in [1.54, 1.807) is 7.11 Å². The van der Waals surface area contributed by atoms with Gasteiger partial charge in [-0.2, -0.15) is 0 Å². The molecule has 1 N–H and O–H groups in total. The molecule has 164 valence electrons. The minimum atomic E-state index is -0.0752. The van der Waals surface area contributed by atoms with Crippen LogP contribution in [0.25, 0.3) is 10.6 Å². The summed E-state index contributed by atoms with van der Waals surface area (Å²) >= 11 is 1.53. The lowest BCUT2D eigenvalue weighted by atomic mass is 10.2. The van der Waals surface area contributed by atoms with E-state index in [9.17, 15) is 4.79 Å². The van der Waals surface area contributed by atoms with Gasteiger partial charge in [0.1, 0.15) is 10.8 Å². The quantitative estimate of drug-likeness (QED) is 0.461. The molecule has 7 heteroatoms. The third-order valence-corrected chi connectivity index (χ3v) is 5.43. The van der Waals surface area contributed by atoms with E-state index in [2.05, 4.69) is 17.2 Å². The maximum atomic E-state index is 12.4. The summed E-state index contributed by atoms with van der Waals surface area (Å²) in [5.74, 6) is 2.14. The van der Waals surface area contributed by atoms with Gasteiger partial charge < -0.3 is 19.5 Å². The van der Waals surface area contributed by atoms with Crippen LogP contribution in [0.3, 0.4) is 0 Å². The first-order valence-corrected chi connectivity index (χ1v) is 11.2. The van der Waals surface area contributed by atoms with E-state index in [4.69, 9.17) is 14.2 Å². The van der Waals surface area contributed by atoms with E-state index in [1.165, 1.54) is 11.3 Å². The van der Waals surface area contributed by atoms with Crippen molar-refractivity contribution in [2.24, 2.45) is 0 Å². The Morgan fingerprint density at radius 2 is 1.87 bits per heavy atom. The molecule has 0 bridgehead atoms. The second-order valence-electron chi connectivity index (χ2n) is 6.89. The Morgan fingerprint density at radius 3 is 2.58 bits per heavy atom. The average Bonchev–Trinajstić information content (AvgIpc) is 3.25. The van der Waals surface area contributed by atoms with Crippen LogP contribution in [0.2, 0.25) is 0 Å². The summed E-state index contributed by atoms with van der Waals surface area (Å²) in [6.07, 6.45) is 1.17. The molecule has 6 nitrogen and oxygen atoms in total. The minimum Gasteiger partial charge on any atom is -0.494 e. The number of thiazole rings is 1. The van der Waals surface area contributed by atoms with Crippen molar-refractivity contribution in [2.75, 3.05) is 20.3 Å². The Balaban J connectivity index is 1.54. The number of hydrogen-bond acceptors (Lipinski definition) is 6. The summed E-state index contributed by atoms with van der Waals surface area (Å²) in [6.45, 7) is 5.71. The zero-order valence-corrected chi connectivity index (χ0v) is 19.0. The van der Waals surface area contributed by atoms with Gasteiger partial charge in [0, 0.05) is 17.5 Å². The highest BCUT2D eigenvalue weighted by Gasteiger charge is 2.11. The highest BCUT2D eigenvalue weighted by atomic mass is 32.1. The SMILES string of the molecule is CCCOc1ccc(CNC(=O)Cc2csc(-c3ccc(OCC)cc3)n2)cc1OC. The Bertz CT molecular complexity index is 985. The molecular weight excluding hydrogens is 412 g/mol. The molecule has 0 aliphatic carbocycles. The molecular formula is C24H28N2O4S. The number of nitrogens with one attached hydrogen (secondary N) is 1. The molecule has 31 heavy (non-hydrogen) atoms. The molecule has 0 fully saturated rings. The molecule has 0 spiro atoms. The molecule has 0 unspecified atom stereocenters. The Hall–Kier alpha value is -3.06. The van der Waals surface area contributed by atoms with E-state index in [1.807, 2.05) is 54.8 Å². The zero-order valence-electron chi connectivity index (χ0n) is 18.1. The van der Waals surface area contributed by atoms with Gasteiger partial charge in [-0.05, 0) is 55.3 Å². The normalized spacial score (nSPS) is 10.5. The van der Waals surface area contributed by atoms with Crippen LogP contribution in [0, 0.1) is 0 Å². The fraction of sp³-hybridized carbons (Fsp3) is 0.333. The van der Waals surface area contributed by atoms with Crippen LogP contribution >= 0.6 is 11.3 Å². The Kier molecular flexibility index (Phi) is 8.29. The first-order valence-electron chi connectivity index (χ1n) is 10.4. The smallest absolute Gasteiger partial charge is 0.226 e. The number of aromatic nitrogens is 1. The zero-order chi connectivity index (χ0) is 22.1. The van der Waals surface area contributed by atoms with Gasteiger partial charge in [0.05, 0.1) is 32.4 Å². The van der Waals surface area contributed by atoms with E-state index in [-0.39, 0.29) is 12.3 Å². The van der Waals surface area contributed by atoms with Gasteiger partial charge in [-0.1, -0.05) is 13.0 Å². The molecule has 0 radical (unpaired) electrons. The number of carbonyl (C=O) groups is 1. The summed E-state index contributed by atoms with van der Waals surface area (Å²) in [5.41, 5.74) is 2.72. The second-order valence-corrected chi connectivity index (χ2v) is 7.75. The number of methoxy groups -OCH3 is 1. The number of rotatable bonds is 11. The van der Waals surface area contributed by atoms with Gasteiger partial charge in [-0.25, -0.2) is 4.98 Å². The van der Waals surface area contributed by atoms with E-state index < -0.39 is 0 Å². The summed E-state index contributed by atoms with van der Waals surface area (Å²) in [5, 5.41) is 5.76. The first kappa shape index (κ1) is 22.6. The molecule has 1 amide bonds. The monoisotopic (exact) mass is 440 g/mol. The van der Waals surface area contributed by atoms with Crippen molar-refractivity contribution >= 4 is 17.2 Å². The topological polar surface area (TPSA) is 69.7 Å². The number of amides is 1. The Morgan fingerprint density at radius 1 is 1.06 bits per heavy atom. The van der Waals surface area contributed by atoms with Crippen LogP contribution < -0.4 is 19.5 Å². The van der Waals surface area contributed by atoms with Gasteiger partial charge in [0.25, 0.3) is 0 Å². The first-order chi connectivity index (χ1) is 15.1. The predicted octanol–water partition coefficient (Wildman–Crippen LogP) is 4.87. The average molecular weight is 441 g/mol. The highest BCUT2D eigenvalue weighted by molar-refractivity contribution is 7.13. The van der Waals surface area contributed by atoms with Crippen molar-refractivity contribution in [3.63, 3.8) is 0 Å². The molecule has 3 aromatic rings. The molecule has 0 aliphatic heterocycles. The standard InChI is InChI=1S/C24H28N2O4S/c1-4-12-30-21-11-6-17(13-22(21)28-3)15-25-23(27)14-19-16-31-24(26-19)18-7-9-20(10-8-18)29-5-2/h6-11,13,16H,4-5,12,14-15H2,1-3H3,(H,25,27). The van der Waals surface area contributed by atoms with Crippen molar-refractivity contribution in [3.05, 3.63) is 59.1 Å². The predicted molar refractivity (Wildman–Crippen MR) is 123 cm³/mol. The lowest BCUT2D eigenvalue weighted by Gasteiger charge is -2.12. The molecule has 0 aliphatic rings. The number of nitrogens with zero attached hydrogens (tertiary/aromatic N) is 1. The van der Waals surface area contributed by atoms with Gasteiger partial charge in [-0.3, -0.25) is 4.79 Å². The van der Waals surface area contributed by atoms with Crippen LogP contribution in [0.1, 0.15) is 31.5 Å².